The number of carbonyl (C=O) groups is 1. The summed E-state index contributed by atoms with van der Waals surface area (Å²) in [6.07, 6.45) is 3.62. The van der Waals surface area contributed by atoms with Gasteiger partial charge in [0.25, 0.3) is 0 Å². The summed E-state index contributed by atoms with van der Waals surface area (Å²) >= 11 is 1.46. The summed E-state index contributed by atoms with van der Waals surface area (Å²) in [5.74, 6) is 1.35. The first kappa shape index (κ1) is 20.7. The molecular formula is C21H31N5OS. The van der Waals surface area contributed by atoms with Crippen LogP contribution in [0.25, 0.3) is 5.69 Å². The molecule has 0 unspecified atom stereocenters. The second-order valence-corrected chi connectivity index (χ2v) is 9.21. The van der Waals surface area contributed by atoms with E-state index in [4.69, 9.17) is 0 Å². The molecule has 7 heteroatoms. The van der Waals surface area contributed by atoms with Gasteiger partial charge < -0.3 is 10.2 Å². The average Bonchev–Trinajstić information content (AvgIpc) is 3.10. The van der Waals surface area contributed by atoms with Gasteiger partial charge in [0, 0.05) is 19.6 Å². The van der Waals surface area contributed by atoms with E-state index < -0.39 is 0 Å². The molecule has 1 atom stereocenters. The van der Waals surface area contributed by atoms with Crippen LogP contribution in [0.3, 0.4) is 0 Å². The Morgan fingerprint density at radius 2 is 1.79 bits per heavy atom. The smallest absolute Gasteiger partial charge is 0.233 e. The van der Waals surface area contributed by atoms with Gasteiger partial charge in [0.15, 0.2) is 5.16 Å². The Morgan fingerprint density at radius 3 is 2.43 bits per heavy atom. The van der Waals surface area contributed by atoms with E-state index in [0.29, 0.717) is 12.5 Å². The van der Waals surface area contributed by atoms with E-state index in [2.05, 4.69) is 70.0 Å². The summed E-state index contributed by atoms with van der Waals surface area (Å²) in [6, 6.07) is 8.39. The third kappa shape index (κ3) is 5.07. The number of nitrogens with zero attached hydrogens (tertiary/aromatic N) is 4. The van der Waals surface area contributed by atoms with E-state index in [1.54, 1.807) is 0 Å². The van der Waals surface area contributed by atoms with Gasteiger partial charge in [0.1, 0.15) is 0 Å². The van der Waals surface area contributed by atoms with Crippen molar-refractivity contribution < 1.29 is 4.79 Å². The Balaban J connectivity index is 1.86. The first-order valence-electron chi connectivity index (χ1n) is 10.2. The lowest BCUT2D eigenvalue weighted by Gasteiger charge is -2.28. The van der Waals surface area contributed by atoms with Gasteiger partial charge >= 0.3 is 0 Å². The van der Waals surface area contributed by atoms with Crippen LogP contribution in [0.4, 0.5) is 5.95 Å². The maximum atomic E-state index is 12.5. The molecule has 1 N–H and O–H groups in total. The van der Waals surface area contributed by atoms with Crippen LogP contribution in [0, 0.1) is 12.8 Å². The quantitative estimate of drug-likeness (QED) is 0.715. The molecule has 2 aromatic rings. The van der Waals surface area contributed by atoms with E-state index in [1.165, 1.54) is 36.6 Å². The topological polar surface area (TPSA) is 63.1 Å². The Morgan fingerprint density at radius 1 is 1.11 bits per heavy atom. The van der Waals surface area contributed by atoms with E-state index in [9.17, 15) is 4.79 Å². The van der Waals surface area contributed by atoms with Gasteiger partial charge in [-0.05, 0) is 51.2 Å². The molecule has 1 aromatic heterocycles. The molecule has 1 saturated heterocycles. The van der Waals surface area contributed by atoms with Crippen molar-refractivity contribution >= 4 is 23.6 Å². The number of nitrogens with one attached hydrogen (secondary N) is 1. The largest absolute Gasteiger partial charge is 0.355 e. The van der Waals surface area contributed by atoms with Crippen LogP contribution in [0.15, 0.2) is 29.4 Å². The predicted molar refractivity (Wildman–Crippen MR) is 115 cm³/mol. The molecule has 0 radical (unpaired) electrons. The second-order valence-electron chi connectivity index (χ2n) is 7.90. The van der Waals surface area contributed by atoms with Crippen molar-refractivity contribution in [1.82, 2.24) is 20.1 Å². The minimum absolute atomic E-state index is 0.0386. The number of benzene rings is 1. The van der Waals surface area contributed by atoms with Gasteiger partial charge in [0.2, 0.25) is 11.9 Å². The van der Waals surface area contributed by atoms with Crippen molar-refractivity contribution in [3.8, 4) is 5.69 Å². The molecule has 1 aliphatic heterocycles. The predicted octanol–water partition coefficient (Wildman–Crippen LogP) is 3.82. The zero-order valence-corrected chi connectivity index (χ0v) is 18.1. The summed E-state index contributed by atoms with van der Waals surface area (Å²) < 4.78 is 2.10. The van der Waals surface area contributed by atoms with Gasteiger partial charge in [-0.1, -0.05) is 43.3 Å². The molecular weight excluding hydrogens is 370 g/mol. The Labute approximate surface area is 172 Å². The van der Waals surface area contributed by atoms with Gasteiger partial charge in [-0.3, -0.25) is 9.36 Å². The molecule has 3 rings (SSSR count). The highest BCUT2D eigenvalue weighted by atomic mass is 32.2. The van der Waals surface area contributed by atoms with Crippen molar-refractivity contribution in [2.75, 3.05) is 24.5 Å². The zero-order chi connectivity index (χ0) is 20.1. The highest BCUT2D eigenvalue weighted by molar-refractivity contribution is 8.00. The maximum absolute atomic E-state index is 12.5. The van der Waals surface area contributed by atoms with Gasteiger partial charge in [0.05, 0.1) is 10.9 Å². The van der Waals surface area contributed by atoms with Crippen LogP contribution >= 0.6 is 11.8 Å². The fraction of sp³-hybridized carbons (Fsp3) is 0.571. The average molecular weight is 402 g/mol. The van der Waals surface area contributed by atoms with Gasteiger partial charge in [-0.25, -0.2) is 0 Å². The molecule has 6 nitrogen and oxygen atoms in total. The number of piperidine rings is 1. The fourth-order valence-electron chi connectivity index (χ4n) is 3.22. The van der Waals surface area contributed by atoms with E-state index in [0.717, 1.165) is 29.9 Å². The first-order chi connectivity index (χ1) is 13.5. The molecule has 0 aliphatic carbocycles. The Bertz CT molecular complexity index is 781. The monoisotopic (exact) mass is 401 g/mol. The minimum atomic E-state index is -0.235. The standard InChI is InChI=1S/C21H31N5OS/c1-15(2)14-22-19(27)17(4)28-21-24-23-20(25-12-6-5-7-13-25)26(21)18-10-8-16(3)9-11-18/h8-11,15,17H,5-7,12-14H2,1-4H3,(H,22,27)/t17-/m1/s1. The third-order valence-electron chi connectivity index (χ3n) is 4.88. The normalized spacial score (nSPS) is 15.7. The number of aryl methyl sites for hydroxylation is 1. The molecule has 1 aliphatic rings. The lowest BCUT2D eigenvalue weighted by atomic mass is 10.1. The number of aromatic nitrogens is 3. The Kier molecular flexibility index (Phi) is 6.99. The van der Waals surface area contributed by atoms with Crippen LogP contribution < -0.4 is 10.2 Å². The van der Waals surface area contributed by atoms with Crippen LogP contribution in [-0.4, -0.2) is 45.6 Å². The number of anilines is 1. The van der Waals surface area contributed by atoms with E-state index in [-0.39, 0.29) is 11.2 Å². The number of thioether (sulfide) groups is 1. The van der Waals surface area contributed by atoms with Crippen molar-refractivity contribution in [3.05, 3.63) is 29.8 Å². The molecule has 2 heterocycles. The SMILES string of the molecule is Cc1ccc(-n2c(S[C@H](C)C(=O)NCC(C)C)nnc2N2CCCCC2)cc1. The second kappa shape index (κ2) is 9.45. The summed E-state index contributed by atoms with van der Waals surface area (Å²) in [5.41, 5.74) is 2.25. The van der Waals surface area contributed by atoms with Gasteiger partial charge in [-0.2, -0.15) is 0 Å². The first-order valence-corrected chi connectivity index (χ1v) is 11.1. The molecule has 28 heavy (non-hydrogen) atoms. The Hall–Kier alpha value is -2.02. The number of hydrogen-bond donors (Lipinski definition) is 1. The number of amides is 1. The summed E-state index contributed by atoms with van der Waals surface area (Å²) in [7, 11) is 0. The molecule has 1 fully saturated rings. The lowest BCUT2D eigenvalue weighted by Crippen LogP contribution is -2.34. The van der Waals surface area contributed by atoms with Crippen LogP contribution in [-0.2, 0) is 4.79 Å². The van der Waals surface area contributed by atoms with Crippen molar-refractivity contribution in [2.45, 2.75) is 57.4 Å². The number of hydrogen-bond acceptors (Lipinski definition) is 5. The molecule has 1 amide bonds. The molecule has 152 valence electrons. The van der Waals surface area contributed by atoms with Crippen molar-refractivity contribution in [3.63, 3.8) is 0 Å². The number of carbonyl (C=O) groups excluding carboxylic acids is 1. The lowest BCUT2D eigenvalue weighted by molar-refractivity contribution is -0.120. The summed E-state index contributed by atoms with van der Waals surface area (Å²) in [4.78, 5) is 14.8. The van der Waals surface area contributed by atoms with Crippen LogP contribution in [0.2, 0.25) is 0 Å². The molecule has 0 saturated carbocycles. The minimum Gasteiger partial charge on any atom is -0.355 e. The highest BCUT2D eigenvalue weighted by Crippen LogP contribution is 2.30. The summed E-state index contributed by atoms with van der Waals surface area (Å²) in [5, 5.41) is 12.5. The molecule has 1 aromatic carbocycles. The van der Waals surface area contributed by atoms with Crippen molar-refractivity contribution in [2.24, 2.45) is 5.92 Å². The van der Waals surface area contributed by atoms with Crippen LogP contribution in [0.1, 0.15) is 45.6 Å². The third-order valence-corrected chi connectivity index (χ3v) is 5.93. The fourth-order valence-corrected chi connectivity index (χ4v) is 4.10. The highest BCUT2D eigenvalue weighted by Gasteiger charge is 2.24. The van der Waals surface area contributed by atoms with E-state index >= 15 is 0 Å². The molecule has 0 bridgehead atoms. The van der Waals surface area contributed by atoms with Crippen molar-refractivity contribution in [1.29, 1.82) is 0 Å². The summed E-state index contributed by atoms with van der Waals surface area (Å²) in [6.45, 7) is 10.9. The van der Waals surface area contributed by atoms with Gasteiger partial charge in [-0.15, -0.1) is 10.2 Å². The maximum Gasteiger partial charge on any atom is 0.233 e. The zero-order valence-electron chi connectivity index (χ0n) is 17.3. The van der Waals surface area contributed by atoms with E-state index in [1.807, 2.05) is 6.92 Å². The van der Waals surface area contributed by atoms with Crippen LogP contribution in [0.5, 0.6) is 0 Å². The molecule has 0 spiro atoms. The number of rotatable bonds is 7.